The van der Waals surface area contributed by atoms with Crippen LogP contribution in [0.4, 0.5) is 39.8 Å². The van der Waals surface area contributed by atoms with E-state index in [9.17, 15) is 0 Å². The first-order valence-corrected chi connectivity index (χ1v) is 19.8. The van der Waals surface area contributed by atoms with Crippen molar-refractivity contribution >= 4 is 73.4 Å². The standard InChI is InChI=1S/C27H21NO.C20H14ClNO.C6H7N/c1-3-10-21(11-4-1)18-22-12-9-15-24(19-22)28(23-13-5-2-6-14-23)26-20-29-27-17-8-7-16-25(26)27;21-15-7-6-10-17(13-15)22(16-8-2-1-3-9-16)19-14-23-20-12-5-4-11-18(19)20;7-6-4-2-1-3-5-6/h1-17,19-20H,18H2;1-14H;1-5H,7H2. The summed E-state index contributed by atoms with van der Waals surface area (Å²) in [6.45, 7) is 0. The van der Waals surface area contributed by atoms with E-state index in [0.717, 1.165) is 68.2 Å². The Morgan fingerprint density at radius 3 is 1.29 bits per heavy atom. The van der Waals surface area contributed by atoms with Gasteiger partial charge in [0.05, 0.1) is 11.4 Å². The molecule has 10 rings (SSSR count). The van der Waals surface area contributed by atoms with E-state index in [1.54, 1.807) is 6.26 Å². The highest BCUT2D eigenvalue weighted by atomic mass is 35.5. The van der Waals surface area contributed by atoms with Crippen LogP contribution in [0.25, 0.3) is 21.9 Å². The SMILES string of the molecule is Clc1cccc(N(c2ccccc2)c2coc3ccccc23)c1.Nc1ccccc1.c1ccc(Cc2cccc(N(c3ccccc3)c3coc4ccccc34)c2)cc1. The van der Waals surface area contributed by atoms with E-state index < -0.39 is 0 Å². The van der Waals surface area contributed by atoms with Crippen molar-refractivity contribution in [3.63, 3.8) is 0 Å². The summed E-state index contributed by atoms with van der Waals surface area (Å²) < 4.78 is 11.6. The van der Waals surface area contributed by atoms with E-state index in [0.29, 0.717) is 5.02 Å². The second-order valence-corrected chi connectivity index (χ2v) is 14.2. The zero-order valence-corrected chi connectivity index (χ0v) is 33.1. The van der Waals surface area contributed by atoms with Gasteiger partial charge < -0.3 is 24.4 Å². The number of nitrogens with two attached hydrogens (primary N) is 1. The molecule has 5 nitrogen and oxygen atoms in total. The fraction of sp³-hybridized carbons (Fsp3) is 0.0189. The molecule has 288 valence electrons. The number of anilines is 7. The molecule has 0 aliphatic heterocycles. The summed E-state index contributed by atoms with van der Waals surface area (Å²) in [5.74, 6) is 0. The monoisotopic (exact) mass is 787 g/mol. The summed E-state index contributed by atoms with van der Waals surface area (Å²) in [7, 11) is 0. The van der Waals surface area contributed by atoms with Gasteiger partial charge in [-0.2, -0.15) is 0 Å². The molecule has 0 spiro atoms. The molecule has 0 aliphatic carbocycles. The van der Waals surface area contributed by atoms with E-state index >= 15 is 0 Å². The van der Waals surface area contributed by atoms with E-state index in [1.165, 1.54) is 11.1 Å². The van der Waals surface area contributed by atoms with Crippen molar-refractivity contribution in [3.8, 4) is 0 Å². The Hall–Kier alpha value is -7.47. The van der Waals surface area contributed by atoms with Gasteiger partial charge in [0.15, 0.2) is 0 Å². The summed E-state index contributed by atoms with van der Waals surface area (Å²) >= 11 is 6.21. The van der Waals surface area contributed by atoms with Crippen molar-refractivity contribution in [1.29, 1.82) is 0 Å². The van der Waals surface area contributed by atoms with Crippen molar-refractivity contribution in [2.75, 3.05) is 15.5 Å². The lowest BCUT2D eigenvalue weighted by molar-refractivity contribution is 0.616. The Balaban J connectivity index is 0.000000144. The number of rotatable bonds is 8. The van der Waals surface area contributed by atoms with Crippen LogP contribution >= 0.6 is 11.6 Å². The Morgan fingerprint density at radius 2 is 0.797 bits per heavy atom. The predicted molar refractivity (Wildman–Crippen MR) is 247 cm³/mol. The van der Waals surface area contributed by atoms with E-state index in [2.05, 4.69) is 119 Å². The molecule has 6 heteroatoms. The second-order valence-electron chi connectivity index (χ2n) is 13.8. The quantitative estimate of drug-likeness (QED) is 0.155. The number of nitrogen functional groups attached to an aromatic ring is 1. The first kappa shape index (κ1) is 38.4. The summed E-state index contributed by atoms with van der Waals surface area (Å²) in [4.78, 5) is 4.41. The average molecular weight is 788 g/mol. The lowest BCUT2D eigenvalue weighted by Crippen LogP contribution is -2.09. The molecule has 0 amide bonds. The molecule has 8 aromatic carbocycles. The van der Waals surface area contributed by atoms with Crippen molar-refractivity contribution in [2.45, 2.75) is 6.42 Å². The number of para-hydroxylation sites is 5. The van der Waals surface area contributed by atoms with Crippen molar-refractivity contribution in [1.82, 2.24) is 0 Å². The number of nitrogens with zero attached hydrogens (tertiary/aromatic N) is 2. The summed E-state index contributed by atoms with van der Waals surface area (Å²) in [6, 6.07) is 73.5. The maximum Gasteiger partial charge on any atom is 0.136 e. The summed E-state index contributed by atoms with van der Waals surface area (Å²) in [5, 5.41) is 2.87. The first-order chi connectivity index (χ1) is 29.1. The number of fused-ring (bicyclic) bond motifs is 2. The molecule has 0 aliphatic rings. The molecule has 59 heavy (non-hydrogen) atoms. The normalized spacial score (nSPS) is 10.6. The number of furan rings is 2. The molecule has 2 heterocycles. The molecule has 0 atom stereocenters. The number of halogens is 1. The maximum atomic E-state index is 6.21. The fourth-order valence-corrected chi connectivity index (χ4v) is 7.17. The molecule has 0 saturated heterocycles. The molecule has 0 saturated carbocycles. The number of hydrogen-bond acceptors (Lipinski definition) is 5. The molecule has 0 bridgehead atoms. The van der Waals surface area contributed by atoms with Crippen LogP contribution in [0.3, 0.4) is 0 Å². The highest BCUT2D eigenvalue weighted by molar-refractivity contribution is 6.30. The average Bonchev–Trinajstić information content (AvgIpc) is 3.91. The van der Waals surface area contributed by atoms with Crippen LogP contribution in [0.2, 0.25) is 5.02 Å². The fourth-order valence-electron chi connectivity index (χ4n) is 6.99. The van der Waals surface area contributed by atoms with E-state index in [-0.39, 0.29) is 0 Å². The highest BCUT2D eigenvalue weighted by Gasteiger charge is 2.19. The smallest absolute Gasteiger partial charge is 0.136 e. The lowest BCUT2D eigenvalue weighted by Gasteiger charge is -2.24. The first-order valence-electron chi connectivity index (χ1n) is 19.4. The zero-order valence-electron chi connectivity index (χ0n) is 32.3. The molecule has 0 unspecified atom stereocenters. The maximum absolute atomic E-state index is 6.21. The molecule has 2 N–H and O–H groups in total. The predicted octanol–water partition coefficient (Wildman–Crippen LogP) is 15.3. The van der Waals surface area contributed by atoms with Crippen LogP contribution in [-0.4, -0.2) is 0 Å². The van der Waals surface area contributed by atoms with Gasteiger partial charge in [-0.1, -0.05) is 139 Å². The van der Waals surface area contributed by atoms with Crippen molar-refractivity contribution < 1.29 is 8.83 Å². The molecular weight excluding hydrogens is 746 g/mol. The van der Waals surface area contributed by atoms with Crippen LogP contribution in [0.5, 0.6) is 0 Å². The minimum atomic E-state index is 0.705. The van der Waals surface area contributed by atoms with Gasteiger partial charge in [0.2, 0.25) is 0 Å². The Kier molecular flexibility index (Phi) is 12.1. The van der Waals surface area contributed by atoms with Crippen LogP contribution in [0.15, 0.2) is 240 Å². The van der Waals surface area contributed by atoms with Crippen LogP contribution in [-0.2, 0) is 6.42 Å². The van der Waals surface area contributed by atoms with Gasteiger partial charge in [-0.3, -0.25) is 0 Å². The molecule has 0 radical (unpaired) electrons. The zero-order chi connectivity index (χ0) is 40.2. The number of hydrogen-bond donors (Lipinski definition) is 1. The molecular formula is C53H42ClN3O2. The van der Waals surface area contributed by atoms with Crippen molar-refractivity contribution in [2.24, 2.45) is 0 Å². The Labute approximate surface area is 349 Å². The van der Waals surface area contributed by atoms with Gasteiger partial charge in [-0.15, -0.1) is 0 Å². The van der Waals surface area contributed by atoms with Crippen LogP contribution in [0, 0.1) is 0 Å². The molecule has 10 aromatic rings. The van der Waals surface area contributed by atoms with Gasteiger partial charge >= 0.3 is 0 Å². The minimum absolute atomic E-state index is 0.705. The van der Waals surface area contributed by atoms with Gasteiger partial charge in [-0.05, 0) is 109 Å². The minimum Gasteiger partial charge on any atom is -0.462 e. The largest absolute Gasteiger partial charge is 0.462 e. The van der Waals surface area contributed by atoms with Gasteiger partial charge in [0, 0.05) is 44.2 Å². The number of benzene rings is 8. The molecule has 0 fully saturated rings. The topological polar surface area (TPSA) is 58.8 Å². The van der Waals surface area contributed by atoms with Crippen LogP contribution < -0.4 is 15.5 Å². The third-order valence-electron chi connectivity index (χ3n) is 9.72. The second kappa shape index (κ2) is 18.6. The van der Waals surface area contributed by atoms with E-state index in [1.807, 2.05) is 115 Å². The van der Waals surface area contributed by atoms with Gasteiger partial charge in [-0.25, -0.2) is 0 Å². The Bertz CT molecular complexity index is 2840. The Morgan fingerprint density at radius 1 is 0.390 bits per heavy atom. The summed E-state index contributed by atoms with van der Waals surface area (Å²) in [5.41, 5.74) is 16.8. The van der Waals surface area contributed by atoms with Gasteiger partial charge in [0.25, 0.3) is 0 Å². The third-order valence-corrected chi connectivity index (χ3v) is 9.95. The third kappa shape index (κ3) is 9.40. The lowest BCUT2D eigenvalue weighted by atomic mass is 10.0. The van der Waals surface area contributed by atoms with Crippen molar-refractivity contribution in [3.05, 3.63) is 247 Å². The summed E-state index contributed by atoms with van der Waals surface area (Å²) in [6.07, 6.45) is 4.55. The van der Waals surface area contributed by atoms with Gasteiger partial charge in [0.1, 0.15) is 23.7 Å². The van der Waals surface area contributed by atoms with Crippen LogP contribution in [0.1, 0.15) is 11.1 Å². The highest BCUT2D eigenvalue weighted by Crippen LogP contribution is 2.41. The van der Waals surface area contributed by atoms with E-state index in [4.69, 9.17) is 26.2 Å². The molecule has 2 aromatic heterocycles.